The molecule has 0 heterocycles. The largest absolute Gasteiger partial charge is 0.482 e. The van der Waals surface area contributed by atoms with Crippen LogP contribution in [0.2, 0.25) is 10.0 Å². The molecule has 1 atom stereocenters. The Labute approximate surface area is 211 Å². The van der Waals surface area contributed by atoms with Gasteiger partial charge in [0, 0.05) is 29.5 Å². The molecule has 0 aliphatic carbocycles. The highest BCUT2D eigenvalue weighted by Crippen LogP contribution is 2.28. The number of nitrogens with one attached hydrogen (secondary N) is 1. The van der Waals surface area contributed by atoms with Crippen LogP contribution in [-0.2, 0) is 22.6 Å². The zero-order valence-electron chi connectivity index (χ0n) is 17.9. The van der Waals surface area contributed by atoms with Crippen molar-refractivity contribution in [2.45, 2.75) is 19.0 Å². The van der Waals surface area contributed by atoms with Gasteiger partial charge in [-0.05, 0) is 35.4 Å². The standard InChI is InChI=1S/C25H23BrCl2N2O3/c1-29-25(32)22(13-17-7-3-2-4-8-17)30(15-18-9-5-6-10-20(18)27)24(31)16-33-23-12-11-19(26)14-21(23)28/h2-12,14,22H,13,15-16H2,1H3,(H,29,32)/t22-/m0/s1. The molecule has 5 nitrogen and oxygen atoms in total. The van der Waals surface area contributed by atoms with Gasteiger partial charge in [-0.1, -0.05) is 87.7 Å². The van der Waals surface area contributed by atoms with Crippen LogP contribution < -0.4 is 10.1 Å². The van der Waals surface area contributed by atoms with E-state index in [-0.39, 0.29) is 25.0 Å². The number of likely N-dealkylation sites (N-methyl/N-ethyl adjacent to an activating group) is 1. The molecule has 0 aliphatic heterocycles. The quantitative estimate of drug-likeness (QED) is 0.382. The van der Waals surface area contributed by atoms with Gasteiger partial charge in [0.05, 0.1) is 5.02 Å². The summed E-state index contributed by atoms with van der Waals surface area (Å²) in [6, 6.07) is 21.2. The van der Waals surface area contributed by atoms with E-state index in [4.69, 9.17) is 27.9 Å². The van der Waals surface area contributed by atoms with Gasteiger partial charge in [0.2, 0.25) is 5.91 Å². The summed E-state index contributed by atoms with van der Waals surface area (Å²) in [6.45, 7) is -0.130. The molecule has 0 saturated carbocycles. The molecular weight excluding hydrogens is 527 g/mol. The minimum absolute atomic E-state index is 0.154. The Morgan fingerprint density at radius 1 is 1.00 bits per heavy atom. The van der Waals surface area contributed by atoms with Crippen molar-refractivity contribution in [1.29, 1.82) is 0 Å². The molecule has 0 unspecified atom stereocenters. The third-order valence-electron chi connectivity index (χ3n) is 5.06. The lowest BCUT2D eigenvalue weighted by Gasteiger charge is -2.31. The van der Waals surface area contributed by atoms with Crippen molar-refractivity contribution in [2.24, 2.45) is 0 Å². The second-order valence-electron chi connectivity index (χ2n) is 7.30. The van der Waals surface area contributed by atoms with E-state index in [0.717, 1.165) is 15.6 Å². The summed E-state index contributed by atoms with van der Waals surface area (Å²) in [6.07, 6.45) is 0.343. The summed E-state index contributed by atoms with van der Waals surface area (Å²) < 4.78 is 6.51. The van der Waals surface area contributed by atoms with E-state index in [2.05, 4.69) is 21.2 Å². The van der Waals surface area contributed by atoms with Crippen LogP contribution in [0.25, 0.3) is 0 Å². The topological polar surface area (TPSA) is 58.6 Å². The Bertz CT molecular complexity index is 1110. The van der Waals surface area contributed by atoms with Crippen molar-refractivity contribution in [3.05, 3.63) is 98.4 Å². The Morgan fingerprint density at radius 2 is 1.70 bits per heavy atom. The minimum atomic E-state index is -0.759. The first-order valence-electron chi connectivity index (χ1n) is 10.2. The number of halogens is 3. The van der Waals surface area contributed by atoms with Crippen LogP contribution in [0.15, 0.2) is 77.3 Å². The number of carbonyl (C=O) groups excluding carboxylic acids is 2. The van der Waals surface area contributed by atoms with Crippen molar-refractivity contribution in [3.8, 4) is 5.75 Å². The molecule has 0 radical (unpaired) electrons. The number of ether oxygens (including phenoxy) is 1. The highest BCUT2D eigenvalue weighted by Gasteiger charge is 2.30. The van der Waals surface area contributed by atoms with Crippen molar-refractivity contribution >= 4 is 50.9 Å². The Kier molecular flexibility index (Phi) is 9.18. The number of hydrogen-bond donors (Lipinski definition) is 1. The van der Waals surface area contributed by atoms with Gasteiger partial charge in [-0.25, -0.2) is 0 Å². The normalized spacial score (nSPS) is 11.5. The first kappa shape index (κ1) is 25.1. The SMILES string of the molecule is CNC(=O)[C@H](Cc1ccccc1)N(Cc1ccccc1Cl)C(=O)COc1ccc(Br)cc1Cl. The molecule has 0 fully saturated rings. The molecule has 3 rings (SSSR count). The van der Waals surface area contributed by atoms with E-state index >= 15 is 0 Å². The highest BCUT2D eigenvalue weighted by molar-refractivity contribution is 9.10. The van der Waals surface area contributed by atoms with Crippen LogP contribution >= 0.6 is 39.1 Å². The fourth-order valence-electron chi connectivity index (χ4n) is 3.35. The number of hydrogen-bond acceptors (Lipinski definition) is 3. The summed E-state index contributed by atoms with van der Waals surface area (Å²) >= 11 is 15.9. The molecule has 0 aromatic heterocycles. The Morgan fingerprint density at radius 3 is 2.36 bits per heavy atom. The maximum absolute atomic E-state index is 13.4. The predicted octanol–water partition coefficient (Wildman–Crippen LogP) is 5.52. The lowest BCUT2D eigenvalue weighted by Crippen LogP contribution is -2.51. The molecule has 0 spiro atoms. The van der Waals surface area contributed by atoms with Gasteiger partial charge in [0.25, 0.3) is 5.91 Å². The van der Waals surface area contributed by atoms with E-state index < -0.39 is 6.04 Å². The van der Waals surface area contributed by atoms with E-state index in [1.54, 1.807) is 31.3 Å². The smallest absolute Gasteiger partial charge is 0.261 e. The van der Waals surface area contributed by atoms with E-state index in [9.17, 15) is 9.59 Å². The molecule has 0 saturated heterocycles. The van der Waals surface area contributed by atoms with E-state index in [1.807, 2.05) is 48.5 Å². The van der Waals surface area contributed by atoms with Gasteiger partial charge in [0.1, 0.15) is 11.8 Å². The lowest BCUT2D eigenvalue weighted by atomic mass is 10.0. The zero-order valence-corrected chi connectivity index (χ0v) is 21.0. The van der Waals surface area contributed by atoms with Crippen LogP contribution in [0.3, 0.4) is 0 Å². The van der Waals surface area contributed by atoms with Crippen molar-refractivity contribution in [1.82, 2.24) is 10.2 Å². The molecule has 1 N–H and O–H groups in total. The van der Waals surface area contributed by atoms with Gasteiger partial charge in [-0.3, -0.25) is 9.59 Å². The van der Waals surface area contributed by atoms with Crippen molar-refractivity contribution in [2.75, 3.05) is 13.7 Å². The van der Waals surface area contributed by atoms with Gasteiger partial charge in [-0.15, -0.1) is 0 Å². The average molecular weight is 550 g/mol. The summed E-state index contributed by atoms with van der Waals surface area (Å²) in [7, 11) is 1.55. The van der Waals surface area contributed by atoms with E-state index in [1.165, 1.54) is 4.90 Å². The Balaban J connectivity index is 1.89. The van der Waals surface area contributed by atoms with Gasteiger partial charge in [-0.2, -0.15) is 0 Å². The van der Waals surface area contributed by atoms with Crippen LogP contribution in [-0.4, -0.2) is 36.4 Å². The van der Waals surface area contributed by atoms with Crippen molar-refractivity contribution in [3.63, 3.8) is 0 Å². The number of amides is 2. The van der Waals surface area contributed by atoms with Crippen LogP contribution in [0.4, 0.5) is 0 Å². The third-order valence-corrected chi connectivity index (χ3v) is 6.22. The first-order chi connectivity index (χ1) is 15.9. The number of rotatable bonds is 9. The second-order valence-corrected chi connectivity index (χ2v) is 9.03. The number of carbonyl (C=O) groups is 2. The molecule has 3 aromatic carbocycles. The molecular formula is C25H23BrCl2N2O3. The fourth-order valence-corrected chi connectivity index (χ4v) is 4.27. The summed E-state index contributed by atoms with van der Waals surface area (Å²) in [4.78, 5) is 27.8. The van der Waals surface area contributed by atoms with E-state index in [0.29, 0.717) is 22.2 Å². The summed E-state index contributed by atoms with van der Waals surface area (Å²) in [5.74, 6) is -0.259. The van der Waals surface area contributed by atoms with Crippen LogP contribution in [0.5, 0.6) is 5.75 Å². The maximum Gasteiger partial charge on any atom is 0.261 e. The van der Waals surface area contributed by atoms with Gasteiger partial charge >= 0.3 is 0 Å². The first-order valence-corrected chi connectivity index (χ1v) is 11.8. The average Bonchev–Trinajstić information content (AvgIpc) is 2.82. The second kappa shape index (κ2) is 12.1. The molecule has 2 amide bonds. The van der Waals surface area contributed by atoms with Crippen LogP contribution in [0.1, 0.15) is 11.1 Å². The molecule has 172 valence electrons. The van der Waals surface area contributed by atoms with Gasteiger partial charge in [0.15, 0.2) is 6.61 Å². The van der Waals surface area contributed by atoms with Crippen molar-refractivity contribution < 1.29 is 14.3 Å². The molecule has 0 bridgehead atoms. The molecule has 33 heavy (non-hydrogen) atoms. The monoisotopic (exact) mass is 548 g/mol. The molecule has 0 aliphatic rings. The fraction of sp³-hybridized carbons (Fsp3) is 0.200. The number of nitrogens with zero attached hydrogens (tertiary/aromatic N) is 1. The highest BCUT2D eigenvalue weighted by atomic mass is 79.9. The summed E-state index contributed by atoms with van der Waals surface area (Å²) in [5.41, 5.74) is 1.66. The molecule has 3 aromatic rings. The lowest BCUT2D eigenvalue weighted by molar-refractivity contribution is -0.142. The minimum Gasteiger partial charge on any atom is -0.482 e. The van der Waals surface area contributed by atoms with Crippen LogP contribution in [0, 0.1) is 0 Å². The third kappa shape index (κ3) is 6.97. The predicted molar refractivity (Wildman–Crippen MR) is 135 cm³/mol. The maximum atomic E-state index is 13.4. The number of benzene rings is 3. The molecule has 8 heteroatoms. The zero-order chi connectivity index (χ0) is 23.8. The Hall–Kier alpha value is -2.54. The summed E-state index contributed by atoms with van der Waals surface area (Å²) in [5, 5.41) is 3.57. The van der Waals surface area contributed by atoms with Gasteiger partial charge < -0.3 is 15.0 Å².